The molecule has 2 heterocycles. The van der Waals surface area contributed by atoms with Crippen molar-refractivity contribution in [3.63, 3.8) is 0 Å². The molecule has 1 aliphatic rings. The van der Waals surface area contributed by atoms with Crippen LogP contribution in [0.5, 0.6) is 0 Å². The molecule has 20 heavy (non-hydrogen) atoms. The molecule has 1 fully saturated rings. The molecule has 1 N–H and O–H groups in total. The lowest BCUT2D eigenvalue weighted by molar-refractivity contribution is 0.220. The molecule has 0 saturated carbocycles. The zero-order chi connectivity index (χ0) is 14.6. The zero-order valence-electron chi connectivity index (χ0n) is 13.4. The van der Waals surface area contributed by atoms with E-state index in [0.29, 0.717) is 5.41 Å². The minimum absolute atomic E-state index is 0.426. The average molecular weight is 275 g/mol. The number of pyridine rings is 1. The molecule has 0 aromatic carbocycles. The van der Waals surface area contributed by atoms with Crippen molar-refractivity contribution in [1.82, 2.24) is 4.98 Å². The summed E-state index contributed by atoms with van der Waals surface area (Å²) in [6, 6.07) is 6.29. The lowest BCUT2D eigenvalue weighted by Crippen LogP contribution is -2.26. The van der Waals surface area contributed by atoms with Gasteiger partial charge in [-0.2, -0.15) is 0 Å². The molecule has 1 unspecified atom stereocenters. The largest absolute Gasteiger partial charge is 0.370 e. The second-order valence-corrected chi connectivity index (χ2v) is 6.89. The number of hydrogen-bond acceptors (Lipinski definition) is 3. The van der Waals surface area contributed by atoms with Crippen LogP contribution in [0, 0.1) is 11.3 Å². The topological polar surface area (TPSA) is 28.2 Å². The lowest BCUT2D eigenvalue weighted by Gasteiger charge is -2.30. The Morgan fingerprint density at radius 2 is 2.05 bits per heavy atom. The van der Waals surface area contributed by atoms with E-state index in [2.05, 4.69) is 50.0 Å². The van der Waals surface area contributed by atoms with E-state index in [1.54, 1.807) is 0 Å². The van der Waals surface area contributed by atoms with E-state index in [1.165, 1.54) is 19.3 Å². The van der Waals surface area contributed by atoms with Crippen LogP contribution in [0.2, 0.25) is 0 Å². The van der Waals surface area contributed by atoms with Crippen LogP contribution < -0.4 is 10.2 Å². The number of hydrogen-bond donors (Lipinski definition) is 1. The van der Waals surface area contributed by atoms with Gasteiger partial charge >= 0.3 is 0 Å². The van der Waals surface area contributed by atoms with Crippen molar-refractivity contribution in [2.24, 2.45) is 11.3 Å². The van der Waals surface area contributed by atoms with E-state index < -0.39 is 0 Å². The summed E-state index contributed by atoms with van der Waals surface area (Å²) in [7, 11) is 0. The second kappa shape index (κ2) is 6.47. The molecule has 0 bridgehead atoms. The number of rotatable bonds is 3. The van der Waals surface area contributed by atoms with Gasteiger partial charge < -0.3 is 10.2 Å². The first-order valence-electron chi connectivity index (χ1n) is 7.96. The van der Waals surface area contributed by atoms with Gasteiger partial charge in [0.25, 0.3) is 0 Å². The van der Waals surface area contributed by atoms with Crippen LogP contribution >= 0.6 is 0 Å². The number of nitrogens with zero attached hydrogens (tertiary/aromatic N) is 2. The van der Waals surface area contributed by atoms with Crippen molar-refractivity contribution in [2.75, 3.05) is 29.9 Å². The van der Waals surface area contributed by atoms with E-state index in [9.17, 15) is 0 Å². The normalized spacial score (nSPS) is 20.6. The summed E-state index contributed by atoms with van der Waals surface area (Å²) in [6.07, 6.45) is 3.89. The molecule has 3 heteroatoms. The molecule has 1 saturated heterocycles. The summed E-state index contributed by atoms with van der Waals surface area (Å²) < 4.78 is 0. The Hall–Kier alpha value is -1.25. The molecular weight excluding hydrogens is 246 g/mol. The quantitative estimate of drug-likeness (QED) is 0.897. The van der Waals surface area contributed by atoms with Gasteiger partial charge in [-0.05, 0) is 49.7 Å². The van der Waals surface area contributed by atoms with Crippen LogP contribution in [0.4, 0.5) is 11.6 Å². The van der Waals surface area contributed by atoms with Gasteiger partial charge in [0, 0.05) is 19.6 Å². The highest BCUT2D eigenvalue weighted by molar-refractivity contribution is 5.47. The first-order chi connectivity index (χ1) is 9.50. The third-order valence-corrected chi connectivity index (χ3v) is 4.37. The van der Waals surface area contributed by atoms with Crippen molar-refractivity contribution in [1.29, 1.82) is 0 Å². The molecule has 2 rings (SSSR count). The third-order valence-electron chi connectivity index (χ3n) is 4.37. The smallest absolute Gasteiger partial charge is 0.130 e. The maximum Gasteiger partial charge on any atom is 0.130 e. The number of aromatic nitrogens is 1. The summed E-state index contributed by atoms with van der Waals surface area (Å²) >= 11 is 0. The predicted octanol–water partition coefficient (Wildman–Crippen LogP) is 4.17. The van der Waals surface area contributed by atoms with Gasteiger partial charge in [-0.3, -0.25) is 0 Å². The maximum absolute atomic E-state index is 4.73. The fraction of sp³-hybridized carbons (Fsp3) is 0.706. The molecule has 3 nitrogen and oxygen atoms in total. The van der Waals surface area contributed by atoms with E-state index in [0.717, 1.165) is 37.2 Å². The Kier molecular flexibility index (Phi) is 4.90. The van der Waals surface area contributed by atoms with Crippen LogP contribution in [-0.4, -0.2) is 24.6 Å². The van der Waals surface area contributed by atoms with Gasteiger partial charge in [0.2, 0.25) is 0 Å². The van der Waals surface area contributed by atoms with E-state index >= 15 is 0 Å². The molecule has 0 aliphatic carbocycles. The molecule has 0 amide bonds. The average Bonchev–Trinajstić information content (AvgIpc) is 2.64. The summed E-state index contributed by atoms with van der Waals surface area (Å²) in [4.78, 5) is 7.18. The SMILES string of the molecule is CCNc1cccc(N2CCCC(C(C)(C)C)CC2)n1. The Morgan fingerprint density at radius 3 is 2.75 bits per heavy atom. The van der Waals surface area contributed by atoms with Crippen LogP contribution in [-0.2, 0) is 0 Å². The third kappa shape index (κ3) is 3.87. The Labute approximate surface area is 123 Å². The van der Waals surface area contributed by atoms with E-state index in [4.69, 9.17) is 4.98 Å². The molecule has 1 aliphatic heterocycles. The minimum Gasteiger partial charge on any atom is -0.370 e. The number of nitrogens with one attached hydrogen (secondary N) is 1. The Morgan fingerprint density at radius 1 is 1.25 bits per heavy atom. The van der Waals surface area contributed by atoms with Crippen LogP contribution in [0.1, 0.15) is 47.0 Å². The first kappa shape index (κ1) is 15.1. The highest BCUT2D eigenvalue weighted by Gasteiger charge is 2.27. The van der Waals surface area contributed by atoms with Crippen molar-refractivity contribution in [3.8, 4) is 0 Å². The minimum atomic E-state index is 0.426. The highest BCUT2D eigenvalue weighted by Crippen LogP contribution is 2.35. The Bertz CT molecular complexity index is 422. The molecule has 1 aromatic rings. The fourth-order valence-electron chi connectivity index (χ4n) is 3.07. The van der Waals surface area contributed by atoms with Crippen molar-refractivity contribution in [3.05, 3.63) is 18.2 Å². The van der Waals surface area contributed by atoms with Gasteiger partial charge in [0.15, 0.2) is 0 Å². The van der Waals surface area contributed by atoms with Gasteiger partial charge in [-0.15, -0.1) is 0 Å². The summed E-state index contributed by atoms with van der Waals surface area (Å²) in [5.74, 6) is 2.93. The van der Waals surface area contributed by atoms with Gasteiger partial charge in [0.05, 0.1) is 0 Å². The van der Waals surface area contributed by atoms with Gasteiger partial charge in [-0.25, -0.2) is 4.98 Å². The monoisotopic (exact) mass is 275 g/mol. The second-order valence-electron chi connectivity index (χ2n) is 6.89. The molecule has 0 spiro atoms. The fourth-order valence-corrected chi connectivity index (χ4v) is 3.07. The van der Waals surface area contributed by atoms with Crippen molar-refractivity contribution < 1.29 is 0 Å². The maximum atomic E-state index is 4.73. The number of anilines is 2. The van der Waals surface area contributed by atoms with Gasteiger partial charge in [0.1, 0.15) is 11.6 Å². The summed E-state index contributed by atoms with van der Waals surface area (Å²) in [5.41, 5.74) is 0.426. The molecule has 0 radical (unpaired) electrons. The zero-order valence-corrected chi connectivity index (χ0v) is 13.4. The lowest BCUT2D eigenvalue weighted by atomic mass is 9.77. The first-order valence-corrected chi connectivity index (χ1v) is 7.96. The molecule has 1 aromatic heterocycles. The van der Waals surface area contributed by atoms with Gasteiger partial charge in [-0.1, -0.05) is 26.8 Å². The van der Waals surface area contributed by atoms with Crippen LogP contribution in [0.15, 0.2) is 18.2 Å². The Balaban J connectivity index is 2.05. The predicted molar refractivity (Wildman–Crippen MR) is 87.4 cm³/mol. The van der Waals surface area contributed by atoms with E-state index in [1.807, 2.05) is 6.07 Å². The van der Waals surface area contributed by atoms with Crippen molar-refractivity contribution >= 4 is 11.6 Å². The summed E-state index contributed by atoms with van der Waals surface area (Å²) in [6.45, 7) is 12.4. The van der Waals surface area contributed by atoms with Crippen LogP contribution in [0.3, 0.4) is 0 Å². The molecular formula is C17H29N3. The molecule has 1 atom stereocenters. The summed E-state index contributed by atoms with van der Waals surface area (Å²) in [5, 5.41) is 3.30. The molecule has 112 valence electrons. The highest BCUT2D eigenvalue weighted by atomic mass is 15.2. The standard InChI is InChI=1S/C17H29N3/c1-5-18-15-9-6-10-16(19-15)20-12-7-8-14(11-13-20)17(2,3)4/h6,9-10,14H,5,7-8,11-13H2,1-4H3,(H,18,19). The van der Waals surface area contributed by atoms with E-state index in [-0.39, 0.29) is 0 Å². The van der Waals surface area contributed by atoms with Crippen LogP contribution in [0.25, 0.3) is 0 Å². The van der Waals surface area contributed by atoms with Crippen molar-refractivity contribution in [2.45, 2.75) is 47.0 Å².